The summed E-state index contributed by atoms with van der Waals surface area (Å²) in [5.41, 5.74) is 1.76. The molecule has 1 unspecified atom stereocenters. The molecule has 1 fully saturated rings. The van der Waals surface area contributed by atoms with Crippen molar-refractivity contribution in [1.29, 1.82) is 0 Å². The Kier molecular flexibility index (Phi) is 3.24. The van der Waals surface area contributed by atoms with Crippen LogP contribution in [0.25, 0.3) is 0 Å². The number of carboxylic acids is 1. The van der Waals surface area contributed by atoms with Gasteiger partial charge in [0.1, 0.15) is 0 Å². The highest BCUT2D eigenvalue weighted by molar-refractivity contribution is 5.87. The number of aromatic nitrogens is 2. The first kappa shape index (κ1) is 11.1. The first-order valence-corrected chi connectivity index (χ1v) is 5.66. The fourth-order valence-corrected chi connectivity index (χ4v) is 2.15. The summed E-state index contributed by atoms with van der Waals surface area (Å²) >= 11 is 0. The highest BCUT2D eigenvalue weighted by Crippen LogP contribution is 2.30. The summed E-state index contributed by atoms with van der Waals surface area (Å²) < 4.78 is 5.64. The number of nitrogens with zero attached hydrogens (tertiary/aromatic N) is 1. The van der Waals surface area contributed by atoms with Crippen molar-refractivity contribution < 1.29 is 14.6 Å². The number of aromatic amines is 1. The molecule has 0 bridgehead atoms. The molecule has 0 amide bonds. The van der Waals surface area contributed by atoms with E-state index in [1.165, 1.54) is 0 Å². The molecular weight excluding hydrogens is 208 g/mol. The van der Waals surface area contributed by atoms with E-state index in [9.17, 15) is 4.79 Å². The number of hydrogen-bond donors (Lipinski definition) is 2. The molecule has 0 aromatic carbocycles. The van der Waals surface area contributed by atoms with Gasteiger partial charge in [-0.2, -0.15) is 5.10 Å². The minimum atomic E-state index is -0.977. The van der Waals surface area contributed by atoms with Gasteiger partial charge in [-0.15, -0.1) is 0 Å². The van der Waals surface area contributed by atoms with Gasteiger partial charge in [-0.3, -0.25) is 5.10 Å². The van der Waals surface area contributed by atoms with E-state index in [1.807, 2.05) is 6.92 Å². The van der Waals surface area contributed by atoms with Gasteiger partial charge >= 0.3 is 5.97 Å². The van der Waals surface area contributed by atoms with Gasteiger partial charge in [0.2, 0.25) is 0 Å². The van der Waals surface area contributed by atoms with Crippen LogP contribution in [0.3, 0.4) is 0 Å². The Labute approximate surface area is 93.8 Å². The second-order valence-electron chi connectivity index (χ2n) is 3.98. The van der Waals surface area contributed by atoms with Crippen molar-refractivity contribution in [3.63, 3.8) is 0 Å². The molecule has 5 nitrogen and oxygen atoms in total. The summed E-state index contributed by atoms with van der Waals surface area (Å²) in [6.45, 7) is 2.68. The largest absolute Gasteiger partial charge is 0.476 e. The number of rotatable bonds is 3. The molecule has 1 atom stereocenters. The zero-order valence-corrected chi connectivity index (χ0v) is 9.32. The Morgan fingerprint density at radius 1 is 1.62 bits per heavy atom. The van der Waals surface area contributed by atoms with Crippen molar-refractivity contribution >= 4 is 5.97 Å². The Balaban J connectivity index is 2.29. The number of H-pyrrole nitrogens is 1. The van der Waals surface area contributed by atoms with Crippen LogP contribution in [0.1, 0.15) is 54.0 Å². The lowest BCUT2D eigenvalue weighted by Gasteiger charge is -2.22. The van der Waals surface area contributed by atoms with E-state index in [0.717, 1.165) is 37.1 Å². The van der Waals surface area contributed by atoms with Crippen molar-refractivity contribution in [3.8, 4) is 0 Å². The smallest absolute Gasteiger partial charge is 0.356 e. The zero-order chi connectivity index (χ0) is 11.5. The first-order valence-electron chi connectivity index (χ1n) is 5.66. The SMILES string of the molecule is CCc1c(C(=O)O)n[nH]c1C1CCCCO1. The molecule has 0 aliphatic carbocycles. The van der Waals surface area contributed by atoms with Crippen LogP contribution in [0, 0.1) is 0 Å². The zero-order valence-electron chi connectivity index (χ0n) is 9.32. The predicted molar refractivity (Wildman–Crippen MR) is 57.5 cm³/mol. The summed E-state index contributed by atoms with van der Waals surface area (Å²) in [4.78, 5) is 11.0. The van der Waals surface area contributed by atoms with E-state index in [0.29, 0.717) is 6.42 Å². The van der Waals surface area contributed by atoms with E-state index >= 15 is 0 Å². The van der Waals surface area contributed by atoms with Gasteiger partial charge in [-0.25, -0.2) is 4.79 Å². The Bertz CT molecular complexity index is 381. The molecule has 1 aliphatic heterocycles. The lowest BCUT2D eigenvalue weighted by atomic mass is 10.0. The van der Waals surface area contributed by atoms with Crippen LogP contribution in [0.2, 0.25) is 0 Å². The molecule has 1 aliphatic rings. The third kappa shape index (κ3) is 1.95. The van der Waals surface area contributed by atoms with Gasteiger partial charge in [0.25, 0.3) is 0 Å². The molecule has 1 saturated heterocycles. The van der Waals surface area contributed by atoms with Crippen LogP contribution in [0.5, 0.6) is 0 Å². The Morgan fingerprint density at radius 2 is 2.44 bits per heavy atom. The topological polar surface area (TPSA) is 75.2 Å². The second kappa shape index (κ2) is 4.65. The summed E-state index contributed by atoms with van der Waals surface area (Å²) in [5.74, 6) is -0.977. The summed E-state index contributed by atoms with van der Waals surface area (Å²) in [6, 6.07) is 0. The van der Waals surface area contributed by atoms with Crippen LogP contribution in [0.4, 0.5) is 0 Å². The molecule has 1 aromatic heterocycles. The summed E-state index contributed by atoms with van der Waals surface area (Å²) in [7, 11) is 0. The minimum absolute atomic E-state index is 0.00991. The van der Waals surface area contributed by atoms with E-state index in [4.69, 9.17) is 9.84 Å². The van der Waals surface area contributed by atoms with Gasteiger partial charge in [0.05, 0.1) is 11.8 Å². The Hall–Kier alpha value is -1.36. The van der Waals surface area contributed by atoms with Crippen molar-refractivity contribution in [2.45, 2.75) is 38.7 Å². The van der Waals surface area contributed by atoms with E-state index < -0.39 is 5.97 Å². The number of carbonyl (C=O) groups is 1. The highest BCUT2D eigenvalue weighted by Gasteiger charge is 2.25. The van der Waals surface area contributed by atoms with Gasteiger partial charge in [-0.1, -0.05) is 6.92 Å². The molecular formula is C11H16N2O3. The fourth-order valence-electron chi connectivity index (χ4n) is 2.15. The number of ether oxygens (including phenoxy) is 1. The molecule has 0 saturated carbocycles. The van der Waals surface area contributed by atoms with Crippen molar-refractivity contribution in [3.05, 3.63) is 17.0 Å². The number of hydrogen-bond acceptors (Lipinski definition) is 3. The maximum absolute atomic E-state index is 11.0. The van der Waals surface area contributed by atoms with Gasteiger partial charge in [0.15, 0.2) is 5.69 Å². The number of aromatic carboxylic acids is 1. The molecule has 2 heterocycles. The Morgan fingerprint density at radius 3 is 3.00 bits per heavy atom. The molecule has 2 N–H and O–H groups in total. The second-order valence-corrected chi connectivity index (χ2v) is 3.98. The molecule has 0 radical (unpaired) electrons. The molecule has 88 valence electrons. The first-order chi connectivity index (χ1) is 7.74. The lowest BCUT2D eigenvalue weighted by Crippen LogP contribution is -2.13. The van der Waals surface area contributed by atoms with Crippen LogP contribution >= 0.6 is 0 Å². The van der Waals surface area contributed by atoms with Gasteiger partial charge < -0.3 is 9.84 Å². The average molecular weight is 224 g/mol. The molecule has 5 heteroatoms. The van der Waals surface area contributed by atoms with E-state index in [2.05, 4.69) is 10.2 Å². The van der Waals surface area contributed by atoms with E-state index in [-0.39, 0.29) is 11.8 Å². The van der Waals surface area contributed by atoms with Crippen LogP contribution in [0.15, 0.2) is 0 Å². The van der Waals surface area contributed by atoms with Crippen LogP contribution in [-0.2, 0) is 11.2 Å². The third-order valence-electron chi connectivity index (χ3n) is 2.96. The molecule has 16 heavy (non-hydrogen) atoms. The minimum Gasteiger partial charge on any atom is -0.476 e. The van der Waals surface area contributed by atoms with Gasteiger partial charge in [0, 0.05) is 12.2 Å². The van der Waals surface area contributed by atoms with E-state index in [1.54, 1.807) is 0 Å². The van der Waals surface area contributed by atoms with Gasteiger partial charge in [-0.05, 0) is 25.7 Å². The maximum Gasteiger partial charge on any atom is 0.356 e. The highest BCUT2D eigenvalue weighted by atomic mass is 16.5. The monoisotopic (exact) mass is 224 g/mol. The number of nitrogens with one attached hydrogen (secondary N) is 1. The summed E-state index contributed by atoms with van der Waals surface area (Å²) in [5, 5.41) is 15.7. The lowest BCUT2D eigenvalue weighted by molar-refractivity contribution is 0.0118. The molecule has 2 rings (SSSR count). The normalized spacial score (nSPS) is 20.9. The van der Waals surface area contributed by atoms with Crippen LogP contribution in [-0.4, -0.2) is 27.9 Å². The number of carboxylic acid groups (broad SMARTS) is 1. The fraction of sp³-hybridized carbons (Fsp3) is 0.636. The van der Waals surface area contributed by atoms with Crippen molar-refractivity contribution in [2.75, 3.05) is 6.61 Å². The quantitative estimate of drug-likeness (QED) is 0.822. The van der Waals surface area contributed by atoms with Crippen molar-refractivity contribution in [2.24, 2.45) is 0 Å². The average Bonchev–Trinajstić information content (AvgIpc) is 2.73. The molecule has 1 aromatic rings. The van der Waals surface area contributed by atoms with Crippen LogP contribution < -0.4 is 0 Å². The predicted octanol–water partition coefficient (Wildman–Crippen LogP) is 1.91. The van der Waals surface area contributed by atoms with Crippen molar-refractivity contribution in [1.82, 2.24) is 10.2 Å². The summed E-state index contributed by atoms with van der Waals surface area (Å²) in [6.07, 6.45) is 3.79. The maximum atomic E-state index is 11.0. The third-order valence-corrected chi connectivity index (χ3v) is 2.96. The standard InChI is InChI=1S/C11H16N2O3/c1-2-7-9(8-5-3-4-6-16-8)12-13-10(7)11(14)15/h8H,2-6H2,1H3,(H,12,13)(H,14,15). The molecule has 0 spiro atoms.